The number of para-hydroxylation sites is 1. The van der Waals surface area contributed by atoms with Gasteiger partial charge in [0.1, 0.15) is 17.1 Å². The Bertz CT molecular complexity index is 1200. The molecule has 0 bridgehead atoms. The molecule has 1 heterocycles. The molecule has 0 aliphatic rings. The molecule has 0 aliphatic carbocycles. The van der Waals surface area contributed by atoms with Crippen molar-refractivity contribution in [2.24, 2.45) is 0 Å². The number of carbonyl (C=O) groups is 1. The van der Waals surface area contributed by atoms with Gasteiger partial charge in [-0.05, 0) is 50.5 Å². The molecule has 4 rings (SSSR count). The predicted molar refractivity (Wildman–Crippen MR) is 115 cm³/mol. The third-order valence-corrected chi connectivity index (χ3v) is 5.80. The zero-order valence-electron chi connectivity index (χ0n) is 15.7. The summed E-state index contributed by atoms with van der Waals surface area (Å²) in [6.07, 6.45) is 0.664. The molecule has 3 aromatic carbocycles. The van der Waals surface area contributed by atoms with Crippen molar-refractivity contribution in [3.05, 3.63) is 76.0 Å². The number of phenolic OH excluding ortho intramolecular Hbond substituents is 1. The standard InChI is InChI=1S/C23H20BrNO3/c1-3-19-21(17-6-4-5-7-20(17)28-19)23(27)25(2)13-14-8-10-16-15(12-14)9-11-18(26)22(16)24/h4-12,26H,3,13H2,1-2H3. The number of aromatic hydroxyl groups is 1. The molecule has 1 aromatic heterocycles. The van der Waals surface area contributed by atoms with Crippen LogP contribution in [-0.2, 0) is 13.0 Å². The summed E-state index contributed by atoms with van der Waals surface area (Å²) in [4.78, 5) is 14.9. The lowest BCUT2D eigenvalue weighted by atomic mass is 10.1. The van der Waals surface area contributed by atoms with Crippen LogP contribution in [0.25, 0.3) is 21.7 Å². The van der Waals surface area contributed by atoms with Gasteiger partial charge in [0.15, 0.2) is 0 Å². The van der Waals surface area contributed by atoms with Gasteiger partial charge in [0.05, 0.1) is 10.0 Å². The minimum absolute atomic E-state index is 0.0474. The van der Waals surface area contributed by atoms with E-state index < -0.39 is 0 Å². The summed E-state index contributed by atoms with van der Waals surface area (Å²) < 4.78 is 6.55. The molecular weight excluding hydrogens is 418 g/mol. The van der Waals surface area contributed by atoms with Crippen LogP contribution < -0.4 is 0 Å². The van der Waals surface area contributed by atoms with Gasteiger partial charge in [-0.1, -0.05) is 43.3 Å². The van der Waals surface area contributed by atoms with E-state index in [0.717, 1.165) is 33.1 Å². The Kier molecular flexibility index (Phi) is 4.85. The molecule has 28 heavy (non-hydrogen) atoms. The van der Waals surface area contributed by atoms with Crippen LogP contribution in [0.3, 0.4) is 0 Å². The van der Waals surface area contributed by atoms with Crippen LogP contribution in [0.1, 0.15) is 28.6 Å². The summed E-state index contributed by atoms with van der Waals surface area (Å²) >= 11 is 3.42. The molecule has 0 unspecified atom stereocenters. The molecular formula is C23H20BrNO3. The summed E-state index contributed by atoms with van der Waals surface area (Å²) in [5.41, 5.74) is 2.41. The summed E-state index contributed by atoms with van der Waals surface area (Å²) in [7, 11) is 1.81. The quantitative estimate of drug-likeness (QED) is 0.432. The molecule has 142 valence electrons. The summed E-state index contributed by atoms with van der Waals surface area (Å²) in [6, 6.07) is 17.2. The van der Waals surface area contributed by atoms with Crippen molar-refractivity contribution in [3.63, 3.8) is 0 Å². The highest BCUT2D eigenvalue weighted by Gasteiger charge is 2.22. The Morgan fingerprint density at radius 3 is 2.68 bits per heavy atom. The van der Waals surface area contributed by atoms with Crippen molar-refractivity contribution < 1.29 is 14.3 Å². The number of aryl methyl sites for hydroxylation is 1. The second kappa shape index (κ2) is 7.32. The normalized spacial score (nSPS) is 11.2. The van der Waals surface area contributed by atoms with E-state index in [1.165, 1.54) is 0 Å². The number of nitrogens with zero attached hydrogens (tertiary/aromatic N) is 1. The minimum atomic E-state index is -0.0474. The maximum absolute atomic E-state index is 13.2. The van der Waals surface area contributed by atoms with Crippen LogP contribution >= 0.6 is 15.9 Å². The second-order valence-electron chi connectivity index (χ2n) is 6.87. The number of furan rings is 1. The molecule has 5 heteroatoms. The lowest BCUT2D eigenvalue weighted by Gasteiger charge is -2.18. The number of rotatable bonds is 4. The SMILES string of the molecule is CCc1oc2ccccc2c1C(=O)N(C)Cc1ccc2c(Br)c(O)ccc2c1. The van der Waals surface area contributed by atoms with Gasteiger partial charge in [-0.25, -0.2) is 0 Å². The number of phenols is 1. The van der Waals surface area contributed by atoms with Crippen molar-refractivity contribution in [2.75, 3.05) is 7.05 Å². The molecule has 0 aliphatic heterocycles. The monoisotopic (exact) mass is 437 g/mol. The zero-order chi connectivity index (χ0) is 19.8. The molecule has 0 saturated heterocycles. The average Bonchev–Trinajstić information content (AvgIpc) is 3.09. The van der Waals surface area contributed by atoms with Crippen molar-refractivity contribution in [3.8, 4) is 5.75 Å². The number of halogens is 1. The first-order valence-corrected chi connectivity index (χ1v) is 9.95. The van der Waals surface area contributed by atoms with Gasteiger partial charge >= 0.3 is 0 Å². The number of benzene rings is 3. The Balaban J connectivity index is 1.65. The van der Waals surface area contributed by atoms with E-state index in [0.29, 0.717) is 23.0 Å². The first kappa shape index (κ1) is 18.6. The van der Waals surface area contributed by atoms with Crippen molar-refractivity contribution >= 4 is 43.6 Å². The van der Waals surface area contributed by atoms with Crippen LogP contribution in [0.15, 0.2) is 63.5 Å². The van der Waals surface area contributed by atoms with E-state index in [9.17, 15) is 9.90 Å². The number of fused-ring (bicyclic) bond motifs is 2. The van der Waals surface area contributed by atoms with E-state index >= 15 is 0 Å². The highest BCUT2D eigenvalue weighted by molar-refractivity contribution is 9.10. The highest BCUT2D eigenvalue weighted by Crippen LogP contribution is 2.33. The number of hydrogen-bond donors (Lipinski definition) is 1. The molecule has 0 radical (unpaired) electrons. The van der Waals surface area contributed by atoms with Gasteiger partial charge < -0.3 is 14.4 Å². The summed E-state index contributed by atoms with van der Waals surface area (Å²) in [5, 5.41) is 12.6. The van der Waals surface area contributed by atoms with E-state index in [2.05, 4.69) is 15.9 Å². The fourth-order valence-corrected chi connectivity index (χ4v) is 4.04. The number of hydrogen-bond acceptors (Lipinski definition) is 3. The minimum Gasteiger partial charge on any atom is -0.507 e. The van der Waals surface area contributed by atoms with Crippen LogP contribution in [0.5, 0.6) is 5.75 Å². The van der Waals surface area contributed by atoms with E-state index in [1.807, 2.05) is 55.5 Å². The van der Waals surface area contributed by atoms with E-state index in [4.69, 9.17) is 4.42 Å². The lowest BCUT2D eigenvalue weighted by Crippen LogP contribution is -2.26. The molecule has 0 spiro atoms. The Morgan fingerprint density at radius 2 is 1.89 bits per heavy atom. The van der Waals surface area contributed by atoms with Crippen molar-refractivity contribution in [2.45, 2.75) is 19.9 Å². The van der Waals surface area contributed by atoms with E-state index in [-0.39, 0.29) is 11.7 Å². The molecule has 0 saturated carbocycles. The molecule has 1 amide bonds. The second-order valence-corrected chi connectivity index (χ2v) is 7.66. The van der Waals surface area contributed by atoms with Crippen LogP contribution in [0.4, 0.5) is 0 Å². The molecule has 4 aromatic rings. The first-order valence-electron chi connectivity index (χ1n) is 9.15. The number of amides is 1. The summed E-state index contributed by atoms with van der Waals surface area (Å²) in [5.74, 6) is 0.885. The molecule has 0 fully saturated rings. The van der Waals surface area contributed by atoms with Gasteiger partial charge in [0.25, 0.3) is 5.91 Å². The van der Waals surface area contributed by atoms with Gasteiger partial charge in [0, 0.05) is 25.4 Å². The fourth-order valence-electron chi connectivity index (χ4n) is 3.54. The van der Waals surface area contributed by atoms with Crippen molar-refractivity contribution in [1.82, 2.24) is 4.90 Å². The Morgan fingerprint density at radius 1 is 1.11 bits per heavy atom. The van der Waals surface area contributed by atoms with Gasteiger partial charge in [-0.2, -0.15) is 0 Å². The van der Waals surface area contributed by atoms with Crippen LogP contribution in [0, 0.1) is 0 Å². The number of carbonyl (C=O) groups excluding carboxylic acids is 1. The largest absolute Gasteiger partial charge is 0.507 e. The molecule has 4 nitrogen and oxygen atoms in total. The zero-order valence-corrected chi connectivity index (χ0v) is 17.3. The third-order valence-electron chi connectivity index (χ3n) is 4.97. The first-order chi connectivity index (χ1) is 13.5. The molecule has 1 N–H and O–H groups in total. The lowest BCUT2D eigenvalue weighted by molar-refractivity contribution is 0.0784. The van der Waals surface area contributed by atoms with Gasteiger partial charge in [-0.15, -0.1) is 0 Å². The smallest absolute Gasteiger partial charge is 0.258 e. The third kappa shape index (κ3) is 3.16. The Labute approximate surface area is 171 Å². The van der Waals surface area contributed by atoms with Gasteiger partial charge in [0.2, 0.25) is 0 Å². The van der Waals surface area contributed by atoms with Crippen LogP contribution in [0.2, 0.25) is 0 Å². The topological polar surface area (TPSA) is 53.7 Å². The average molecular weight is 438 g/mol. The maximum Gasteiger partial charge on any atom is 0.258 e. The highest BCUT2D eigenvalue weighted by atomic mass is 79.9. The van der Waals surface area contributed by atoms with E-state index in [1.54, 1.807) is 18.0 Å². The predicted octanol–water partition coefficient (Wildman–Crippen LogP) is 5.89. The van der Waals surface area contributed by atoms with Gasteiger partial charge in [-0.3, -0.25) is 4.79 Å². The molecule has 0 atom stereocenters. The summed E-state index contributed by atoms with van der Waals surface area (Å²) in [6.45, 7) is 2.47. The Hall–Kier alpha value is -2.79. The van der Waals surface area contributed by atoms with Crippen molar-refractivity contribution in [1.29, 1.82) is 0 Å². The van der Waals surface area contributed by atoms with Crippen LogP contribution in [-0.4, -0.2) is 23.0 Å². The maximum atomic E-state index is 13.2. The fraction of sp³-hybridized carbons (Fsp3) is 0.174.